The van der Waals surface area contributed by atoms with Gasteiger partial charge in [-0.3, -0.25) is 10.1 Å². The number of aromatic nitrogens is 2. The fraction of sp³-hybridized carbons (Fsp3) is 0.390. The van der Waals surface area contributed by atoms with Crippen molar-refractivity contribution in [3.63, 3.8) is 0 Å². The summed E-state index contributed by atoms with van der Waals surface area (Å²) in [6, 6.07) is 19.4. The molecule has 276 valence electrons. The molecule has 0 unspecified atom stereocenters. The minimum absolute atomic E-state index is 0.135. The summed E-state index contributed by atoms with van der Waals surface area (Å²) >= 11 is 0. The molecular formula is C41H50N3O8+. The average Bonchev–Trinajstić information content (AvgIpc) is 3.58. The van der Waals surface area contributed by atoms with Crippen LogP contribution in [0.4, 0.5) is 5.69 Å². The highest BCUT2D eigenvalue weighted by atomic mass is 16.6. The largest absolute Gasteiger partial charge is 0.494 e. The lowest BCUT2D eigenvalue weighted by Gasteiger charge is -2.10. The number of rotatable bonds is 24. The van der Waals surface area contributed by atoms with Crippen molar-refractivity contribution in [1.29, 1.82) is 0 Å². The summed E-state index contributed by atoms with van der Waals surface area (Å²) in [6.45, 7) is 5.50. The molecule has 11 heteroatoms. The number of ether oxygens (including phenoxy) is 4. The smallest absolute Gasteiger partial charge is 0.338 e. The summed E-state index contributed by atoms with van der Waals surface area (Å²) in [5.41, 5.74) is 2.40. The van der Waals surface area contributed by atoms with Gasteiger partial charge in [0.05, 0.1) is 49.5 Å². The minimum Gasteiger partial charge on any atom is -0.494 e. The SMILES string of the molecule is C=CC(=O)OCCCCCCCCCCCOc1ccc(-c2ccc(C(=O)OCc3cc(OCCCn4cc[n+](C)c4)ccc3[N+](=O)[O-])cc2)cc1. The Hall–Kier alpha value is -5.45. The standard InChI is InChI=1S/C41H50N3O8/c1-3-40(45)51-28-12-10-8-6-4-5-7-9-11-27-49-37-20-18-34(19-21-37)33-14-16-35(17-15-33)41(46)52-31-36-30-38(22-23-39(36)44(47)48)50-29-13-24-43-26-25-42(2)32-43/h3,14-23,25-26,30,32H,1,4-13,24,27-29,31H2,2H3/q+1. The number of nitrogens with zero attached hydrogens (tertiary/aromatic N) is 3. The number of unbranched alkanes of at least 4 members (excludes halogenated alkanes) is 8. The summed E-state index contributed by atoms with van der Waals surface area (Å²) in [4.78, 5) is 35.0. The summed E-state index contributed by atoms with van der Waals surface area (Å²) in [6.07, 6.45) is 18.0. The first-order chi connectivity index (χ1) is 25.3. The van der Waals surface area contributed by atoms with E-state index in [1.807, 2.05) is 66.7 Å². The Balaban J connectivity index is 1.13. The van der Waals surface area contributed by atoms with Gasteiger partial charge in [0.25, 0.3) is 5.69 Å². The highest BCUT2D eigenvalue weighted by molar-refractivity contribution is 5.90. The maximum atomic E-state index is 12.8. The molecule has 52 heavy (non-hydrogen) atoms. The van der Waals surface area contributed by atoms with Gasteiger partial charge < -0.3 is 18.9 Å². The predicted molar refractivity (Wildman–Crippen MR) is 198 cm³/mol. The van der Waals surface area contributed by atoms with Gasteiger partial charge >= 0.3 is 11.9 Å². The van der Waals surface area contributed by atoms with Crippen LogP contribution >= 0.6 is 0 Å². The molecule has 0 N–H and O–H groups in total. The van der Waals surface area contributed by atoms with Gasteiger partial charge in [-0.25, -0.2) is 18.7 Å². The van der Waals surface area contributed by atoms with Crippen molar-refractivity contribution in [3.05, 3.63) is 119 Å². The normalized spacial score (nSPS) is 10.8. The molecule has 4 aromatic rings. The molecule has 0 aliphatic rings. The second-order valence-corrected chi connectivity index (χ2v) is 12.6. The van der Waals surface area contributed by atoms with Crippen LogP contribution in [0.2, 0.25) is 0 Å². The number of aryl methyl sites for hydroxylation is 2. The Morgan fingerprint density at radius 1 is 0.769 bits per heavy atom. The maximum absolute atomic E-state index is 12.8. The number of esters is 2. The molecule has 0 saturated heterocycles. The van der Waals surface area contributed by atoms with E-state index in [2.05, 4.69) is 11.1 Å². The Morgan fingerprint density at radius 2 is 1.35 bits per heavy atom. The third-order valence-corrected chi connectivity index (χ3v) is 8.54. The average molecular weight is 713 g/mol. The summed E-state index contributed by atoms with van der Waals surface area (Å²) in [5, 5.41) is 11.6. The molecule has 3 aromatic carbocycles. The molecule has 0 bridgehead atoms. The number of carbonyl (C=O) groups excluding carboxylic acids is 2. The zero-order chi connectivity index (χ0) is 37.0. The Kier molecular flexibility index (Phi) is 16.4. The van der Waals surface area contributed by atoms with E-state index in [-0.39, 0.29) is 23.8 Å². The summed E-state index contributed by atoms with van der Waals surface area (Å²) in [7, 11) is 1.96. The zero-order valence-corrected chi connectivity index (χ0v) is 30.1. The Bertz CT molecular complexity index is 1720. The monoisotopic (exact) mass is 712 g/mol. The van der Waals surface area contributed by atoms with E-state index >= 15 is 0 Å². The van der Waals surface area contributed by atoms with E-state index in [1.165, 1.54) is 44.2 Å². The van der Waals surface area contributed by atoms with Gasteiger partial charge in [-0.2, -0.15) is 0 Å². The zero-order valence-electron chi connectivity index (χ0n) is 30.1. The second kappa shape index (κ2) is 21.7. The number of carbonyl (C=O) groups is 2. The first-order valence-corrected chi connectivity index (χ1v) is 18.0. The number of benzene rings is 3. The van der Waals surface area contributed by atoms with Gasteiger partial charge in [-0.15, -0.1) is 0 Å². The van der Waals surface area contributed by atoms with Crippen molar-refractivity contribution < 1.29 is 38.0 Å². The van der Waals surface area contributed by atoms with Crippen LogP contribution in [0.15, 0.2) is 98.1 Å². The van der Waals surface area contributed by atoms with E-state index < -0.39 is 10.9 Å². The van der Waals surface area contributed by atoms with Crippen molar-refractivity contribution in [2.24, 2.45) is 7.05 Å². The molecular weight excluding hydrogens is 662 g/mol. The van der Waals surface area contributed by atoms with Gasteiger partial charge in [-0.1, -0.05) is 75.8 Å². The van der Waals surface area contributed by atoms with E-state index in [0.29, 0.717) is 31.1 Å². The molecule has 0 spiro atoms. The fourth-order valence-electron chi connectivity index (χ4n) is 5.65. The first kappa shape index (κ1) is 39.3. The van der Waals surface area contributed by atoms with E-state index in [4.69, 9.17) is 18.9 Å². The van der Waals surface area contributed by atoms with Crippen molar-refractivity contribution in [3.8, 4) is 22.6 Å². The van der Waals surface area contributed by atoms with Crippen LogP contribution in [-0.4, -0.2) is 41.2 Å². The second-order valence-electron chi connectivity index (χ2n) is 12.6. The molecule has 4 rings (SSSR count). The third kappa shape index (κ3) is 13.7. The van der Waals surface area contributed by atoms with Gasteiger partial charge in [0.1, 0.15) is 30.5 Å². The minimum atomic E-state index is -0.573. The van der Waals surface area contributed by atoms with E-state index in [1.54, 1.807) is 24.3 Å². The quantitative estimate of drug-likeness (QED) is 0.0177. The van der Waals surface area contributed by atoms with Gasteiger partial charge in [0, 0.05) is 18.6 Å². The molecule has 0 saturated carbocycles. The lowest BCUT2D eigenvalue weighted by Crippen LogP contribution is -2.23. The van der Waals surface area contributed by atoms with Crippen LogP contribution in [0, 0.1) is 10.1 Å². The lowest BCUT2D eigenvalue weighted by molar-refractivity contribution is -0.671. The molecule has 0 fully saturated rings. The van der Waals surface area contributed by atoms with Crippen LogP contribution in [0.25, 0.3) is 11.1 Å². The molecule has 0 radical (unpaired) electrons. The van der Waals surface area contributed by atoms with Crippen LogP contribution in [0.5, 0.6) is 11.5 Å². The highest BCUT2D eigenvalue weighted by Gasteiger charge is 2.18. The maximum Gasteiger partial charge on any atom is 0.338 e. The predicted octanol–water partition coefficient (Wildman–Crippen LogP) is 8.33. The van der Waals surface area contributed by atoms with E-state index in [0.717, 1.165) is 55.5 Å². The van der Waals surface area contributed by atoms with Gasteiger partial charge in [0.15, 0.2) is 0 Å². The van der Waals surface area contributed by atoms with Gasteiger partial charge in [0.2, 0.25) is 6.33 Å². The fourth-order valence-corrected chi connectivity index (χ4v) is 5.65. The molecule has 1 heterocycles. The van der Waals surface area contributed by atoms with E-state index in [9.17, 15) is 19.7 Å². The first-order valence-electron chi connectivity index (χ1n) is 18.0. The summed E-state index contributed by atoms with van der Waals surface area (Å²) in [5.74, 6) is 0.374. The van der Waals surface area contributed by atoms with Crippen LogP contribution in [0.1, 0.15) is 80.1 Å². The topological polar surface area (TPSA) is 123 Å². The van der Waals surface area contributed by atoms with Crippen LogP contribution in [0.3, 0.4) is 0 Å². The number of nitro groups is 1. The summed E-state index contributed by atoms with van der Waals surface area (Å²) < 4.78 is 26.2. The lowest BCUT2D eigenvalue weighted by atomic mass is 10.0. The number of imidazole rings is 1. The van der Waals surface area contributed by atoms with Crippen molar-refractivity contribution in [1.82, 2.24) is 4.57 Å². The van der Waals surface area contributed by atoms with Crippen molar-refractivity contribution in [2.75, 3.05) is 19.8 Å². The molecule has 0 aliphatic carbocycles. The third-order valence-electron chi connectivity index (χ3n) is 8.54. The number of hydrogen-bond acceptors (Lipinski definition) is 8. The van der Waals surface area contributed by atoms with Crippen LogP contribution in [-0.2, 0) is 34.5 Å². The van der Waals surface area contributed by atoms with Gasteiger partial charge in [-0.05, 0) is 60.4 Å². The Labute approximate surface area is 305 Å². The molecule has 0 atom stereocenters. The van der Waals surface area contributed by atoms with Crippen molar-refractivity contribution in [2.45, 2.75) is 77.4 Å². The number of nitro benzene ring substituents is 1. The molecule has 1 aromatic heterocycles. The number of hydrogen-bond donors (Lipinski definition) is 0. The highest BCUT2D eigenvalue weighted by Crippen LogP contribution is 2.27. The van der Waals surface area contributed by atoms with Crippen molar-refractivity contribution >= 4 is 17.6 Å². The van der Waals surface area contributed by atoms with Crippen LogP contribution < -0.4 is 14.0 Å². The molecule has 0 amide bonds. The Morgan fingerprint density at radius 3 is 1.96 bits per heavy atom. The molecule has 11 nitrogen and oxygen atoms in total. The molecule has 0 aliphatic heterocycles.